The number of pyridine rings is 1. The summed E-state index contributed by atoms with van der Waals surface area (Å²) >= 11 is 0. The number of hydrogen-bond acceptors (Lipinski definition) is 3. The van der Waals surface area contributed by atoms with Crippen molar-refractivity contribution < 1.29 is 22.8 Å². The van der Waals surface area contributed by atoms with Crippen molar-refractivity contribution in [1.82, 2.24) is 4.98 Å². The van der Waals surface area contributed by atoms with Gasteiger partial charge in [-0.15, -0.1) is 0 Å². The Balaban J connectivity index is 2.00. The standard InChI is InChI=1S/C15H12F3N3O2/c1-9-3-2-4-12(19-9)21-14(23)13(22)20-11-7-5-10(6-8-11)15(16,17)18/h2-8H,1H3,(H,20,22)(H,19,21,23). The minimum atomic E-state index is -4.46. The Morgan fingerprint density at radius 1 is 0.957 bits per heavy atom. The SMILES string of the molecule is Cc1cccc(NC(=O)C(=O)Nc2ccc(C(F)(F)F)cc2)n1. The summed E-state index contributed by atoms with van der Waals surface area (Å²) in [5.74, 6) is -1.77. The molecule has 0 radical (unpaired) electrons. The number of carbonyl (C=O) groups is 2. The summed E-state index contributed by atoms with van der Waals surface area (Å²) in [5, 5.41) is 4.51. The number of nitrogens with zero attached hydrogens (tertiary/aromatic N) is 1. The summed E-state index contributed by atoms with van der Waals surface area (Å²) in [6.45, 7) is 1.72. The summed E-state index contributed by atoms with van der Waals surface area (Å²) in [5.41, 5.74) is -0.106. The molecule has 2 rings (SSSR count). The number of hydrogen-bond donors (Lipinski definition) is 2. The molecule has 120 valence electrons. The van der Waals surface area contributed by atoms with Crippen molar-refractivity contribution in [3.05, 3.63) is 53.7 Å². The van der Waals surface area contributed by atoms with Gasteiger partial charge in [0.2, 0.25) is 0 Å². The Labute approximate surface area is 129 Å². The van der Waals surface area contributed by atoms with Gasteiger partial charge >= 0.3 is 18.0 Å². The molecule has 0 spiro atoms. The third kappa shape index (κ3) is 4.53. The smallest absolute Gasteiger partial charge is 0.318 e. The summed E-state index contributed by atoms with van der Waals surface area (Å²) in [4.78, 5) is 27.4. The van der Waals surface area contributed by atoms with Crippen molar-refractivity contribution >= 4 is 23.3 Å². The average Bonchev–Trinajstić information content (AvgIpc) is 2.46. The Kier molecular flexibility index (Phi) is 4.63. The first-order valence-electron chi connectivity index (χ1n) is 6.49. The lowest BCUT2D eigenvalue weighted by atomic mass is 10.2. The predicted octanol–water partition coefficient (Wildman–Crippen LogP) is 2.99. The quantitative estimate of drug-likeness (QED) is 0.835. The fourth-order valence-corrected chi connectivity index (χ4v) is 1.72. The molecule has 2 N–H and O–H groups in total. The van der Waals surface area contributed by atoms with E-state index in [9.17, 15) is 22.8 Å². The summed E-state index contributed by atoms with van der Waals surface area (Å²) < 4.78 is 37.3. The van der Waals surface area contributed by atoms with Crippen molar-refractivity contribution in [2.45, 2.75) is 13.1 Å². The Bertz CT molecular complexity index is 727. The molecule has 8 heteroatoms. The molecule has 2 amide bonds. The van der Waals surface area contributed by atoms with Crippen LogP contribution in [0.5, 0.6) is 0 Å². The summed E-state index contributed by atoms with van der Waals surface area (Å²) in [7, 11) is 0. The first-order valence-corrected chi connectivity index (χ1v) is 6.49. The Hall–Kier alpha value is -2.90. The molecule has 2 aromatic rings. The van der Waals surface area contributed by atoms with Gasteiger partial charge in [-0.05, 0) is 43.3 Å². The lowest BCUT2D eigenvalue weighted by Crippen LogP contribution is -2.29. The van der Waals surface area contributed by atoms with Crippen LogP contribution >= 0.6 is 0 Å². The monoisotopic (exact) mass is 323 g/mol. The van der Waals surface area contributed by atoms with Gasteiger partial charge in [-0.1, -0.05) is 6.07 Å². The van der Waals surface area contributed by atoms with Crippen molar-refractivity contribution in [3.63, 3.8) is 0 Å². The van der Waals surface area contributed by atoms with Gasteiger partial charge in [-0.3, -0.25) is 9.59 Å². The fourth-order valence-electron chi connectivity index (χ4n) is 1.72. The second kappa shape index (κ2) is 6.47. The van der Waals surface area contributed by atoms with Gasteiger partial charge in [-0.2, -0.15) is 13.2 Å². The highest BCUT2D eigenvalue weighted by Gasteiger charge is 2.30. The highest BCUT2D eigenvalue weighted by atomic mass is 19.4. The molecule has 0 unspecified atom stereocenters. The number of amides is 2. The molecule has 0 fully saturated rings. The van der Waals surface area contributed by atoms with Crippen LogP contribution in [0.25, 0.3) is 0 Å². The Morgan fingerprint density at radius 2 is 1.57 bits per heavy atom. The molecule has 0 saturated heterocycles. The number of carbonyl (C=O) groups excluding carboxylic acids is 2. The number of halogens is 3. The van der Waals surface area contributed by atoms with Crippen molar-refractivity contribution in [3.8, 4) is 0 Å². The zero-order valence-corrected chi connectivity index (χ0v) is 11.9. The number of rotatable bonds is 2. The third-order valence-electron chi connectivity index (χ3n) is 2.81. The lowest BCUT2D eigenvalue weighted by molar-refractivity contribution is -0.137. The van der Waals surface area contributed by atoms with Crippen LogP contribution in [0.1, 0.15) is 11.3 Å². The molecule has 1 aromatic heterocycles. The van der Waals surface area contributed by atoms with E-state index in [-0.39, 0.29) is 11.5 Å². The van der Waals surface area contributed by atoms with E-state index in [2.05, 4.69) is 15.6 Å². The topological polar surface area (TPSA) is 71.1 Å². The van der Waals surface area contributed by atoms with Crippen LogP contribution in [-0.4, -0.2) is 16.8 Å². The summed E-state index contributed by atoms with van der Waals surface area (Å²) in [6.07, 6.45) is -4.46. The molecule has 0 bridgehead atoms. The molecule has 0 aliphatic heterocycles. The van der Waals surface area contributed by atoms with E-state index in [1.54, 1.807) is 19.1 Å². The van der Waals surface area contributed by atoms with E-state index in [0.29, 0.717) is 5.69 Å². The van der Waals surface area contributed by atoms with Gasteiger partial charge < -0.3 is 10.6 Å². The molecule has 23 heavy (non-hydrogen) atoms. The number of alkyl halides is 3. The first-order chi connectivity index (χ1) is 10.8. The van der Waals surface area contributed by atoms with E-state index in [4.69, 9.17) is 0 Å². The minimum absolute atomic E-state index is 0.0790. The molecule has 0 atom stereocenters. The number of anilines is 2. The van der Waals surface area contributed by atoms with Gasteiger partial charge in [0.1, 0.15) is 5.82 Å². The number of aryl methyl sites for hydroxylation is 1. The van der Waals surface area contributed by atoms with Crippen LogP contribution in [0.4, 0.5) is 24.7 Å². The normalized spacial score (nSPS) is 11.0. The zero-order chi connectivity index (χ0) is 17.0. The minimum Gasteiger partial charge on any atom is -0.318 e. The lowest BCUT2D eigenvalue weighted by Gasteiger charge is -2.09. The van der Waals surface area contributed by atoms with Crippen LogP contribution in [0, 0.1) is 6.92 Å². The van der Waals surface area contributed by atoms with E-state index in [0.717, 1.165) is 24.3 Å². The molecule has 0 aliphatic carbocycles. The van der Waals surface area contributed by atoms with Crippen molar-refractivity contribution in [2.24, 2.45) is 0 Å². The molecule has 1 heterocycles. The fraction of sp³-hybridized carbons (Fsp3) is 0.133. The van der Waals surface area contributed by atoms with Crippen LogP contribution in [0.2, 0.25) is 0 Å². The zero-order valence-electron chi connectivity index (χ0n) is 11.9. The third-order valence-corrected chi connectivity index (χ3v) is 2.81. The maximum absolute atomic E-state index is 12.4. The molecule has 1 aromatic carbocycles. The number of benzene rings is 1. The molecule has 0 aliphatic rings. The molecular weight excluding hydrogens is 311 g/mol. The van der Waals surface area contributed by atoms with Crippen LogP contribution in [-0.2, 0) is 15.8 Å². The largest absolute Gasteiger partial charge is 0.416 e. The van der Waals surface area contributed by atoms with Gasteiger partial charge in [0.05, 0.1) is 5.56 Å². The van der Waals surface area contributed by atoms with Crippen molar-refractivity contribution in [1.29, 1.82) is 0 Å². The van der Waals surface area contributed by atoms with E-state index >= 15 is 0 Å². The highest BCUT2D eigenvalue weighted by Crippen LogP contribution is 2.29. The van der Waals surface area contributed by atoms with Gasteiger partial charge in [0, 0.05) is 11.4 Å². The van der Waals surface area contributed by atoms with Gasteiger partial charge in [0.25, 0.3) is 0 Å². The van der Waals surface area contributed by atoms with Gasteiger partial charge in [0.15, 0.2) is 0 Å². The van der Waals surface area contributed by atoms with E-state index < -0.39 is 23.6 Å². The molecular formula is C15H12F3N3O2. The highest BCUT2D eigenvalue weighted by molar-refractivity contribution is 6.43. The number of nitrogens with one attached hydrogen (secondary N) is 2. The van der Waals surface area contributed by atoms with Crippen molar-refractivity contribution in [2.75, 3.05) is 10.6 Å². The van der Waals surface area contributed by atoms with Gasteiger partial charge in [-0.25, -0.2) is 4.98 Å². The van der Waals surface area contributed by atoms with E-state index in [1.807, 2.05) is 0 Å². The van der Waals surface area contributed by atoms with Crippen LogP contribution < -0.4 is 10.6 Å². The molecule has 0 saturated carbocycles. The van der Waals surface area contributed by atoms with Crippen LogP contribution in [0.15, 0.2) is 42.5 Å². The second-order valence-electron chi connectivity index (χ2n) is 4.65. The molecule has 5 nitrogen and oxygen atoms in total. The second-order valence-corrected chi connectivity index (χ2v) is 4.65. The maximum Gasteiger partial charge on any atom is 0.416 e. The summed E-state index contributed by atoms with van der Waals surface area (Å²) in [6, 6.07) is 8.66. The first kappa shape index (κ1) is 16.5. The maximum atomic E-state index is 12.4. The number of aromatic nitrogens is 1. The predicted molar refractivity (Wildman–Crippen MR) is 77.7 cm³/mol. The van der Waals surface area contributed by atoms with Crippen LogP contribution in [0.3, 0.4) is 0 Å². The average molecular weight is 323 g/mol. The Morgan fingerprint density at radius 3 is 2.13 bits per heavy atom. The van der Waals surface area contributed by atoms with E-state index in [1.165, 1.54) is 6.07 Å².